The SMILES string of the molecule is CC(C)C(=O)c1cc(S(=O)(=O)N(C)CC(O)c2ccc(F)cc2)cs1. The van der Waals surface area contributed by atoms with Crippen LogP contribution >= 0.6 is 11.3 Å². The summed E-state index contributed by atoms with van der Waals surface area (Å²) in [5, 5.41) is 11.6. The third-order valence-electron chi connectivity index (χ3n) is 3.74. The van der Waals surface area contributed by atoms with E-state index in [2.05, 4.69) is 0 Å². The molecule has 0 saturated carbocycles. The second-order valence-corrected chi connectivity index (χ2v) is 8.97. The van der Waals surface area contributed by atoms with Crippen molar-refractivity contribution in [2.75, 3.05) is 13.6 Å². The van der Waals surface area contributed by atoms with Crippen molar-refractivity contribution in [1.29, 1.82) is 0 Å². The Kier molecular flexibility index (Phi) is 6.10. The van der Waals surface area contributed by atoms with Crippen LogP contribution in [0, 0.1) is 11.7 Å². The minimum absolute atomic E-state index is 0.0234. The molecule has 0 amide bonds. The van der Waals surface area contributed by atoms with E-state index in [1.165, 1.54) is 42.8 Å². The van der Waals surface area contributed by atoms with Crippen molar-refractivity contribution >= 4 is 27.1 Å². The molecule has 25 heavy (non-hydrogen) atoms. The molecule has 8 heteroatoms. The van der Waals surface area contributed by atoms with E-state index < -0.39 is 21.9 Å². The third kappa shape index (κ3) is 4.52. The normalized spacial score (nSPS) is 13.4. The molecular weight excluding hydrogens is 365 g/mol. The Labute approximate surface area is 150 Å². The van der Waals surface area contributed by atoms with Gasteiger partial charge in [-0.25, -0.2) is 12.8 Å². The predicted octanol–water partition coefficient (Wildman–Crippen LogP) is 3.08. The van der Waals surface area contributed by atoms with Crippen molar-refractivity contribution in [3.63, 3.8) is 0 Å². The molecule has 0 spiro atoms. The number of hydrogen-bond donors (Lipinski definition) is 1. The number of likely N-dealkylation sites (N-methyl/N-ethyl adjacent to an activating group) is 1. The molecule has 1 N–H and O–H groups in total. The Balaban J connectivity index is 2.16. The molecule has 0 radical (unpaired) electrons. The Hall–Kier alpha value is -1.61. The topological polar surface area (TPSA) is 74.7 Å². The van der Waals surface area contributed by atoms with Crippen LogP contribution in [0.1, 0.15) is 35.2 Å². The molecule has 5 nitrogen and oxygen atoms in total. The zero-order valence-electron chi connectivity index (χ0n) is 14.1. The van der Waals surface area contributed by atoms with Crippen LogP contribution in [0.5, 0.6) is 0 Å². The minimum atomic E-state index is -3.83. The van der Waals surface area contributed by atoms with Crippen LogP contribution in [0.2, 0.25) is 0 Å². The highest BCUT2D eigenvalue weighted by atomic mass is 32.2. The lowest BCUT2D eigenvalue weighted by Gasteiger charge is -2.20. The Bertz CT molecular complexity index is 844. The molecule has 1 unspecified atom stereocenters. The van der Waals surface area contributed by atoms with Gasteiger partial charge in [-0.2, -0.15) is 4.31 Å². The zero-order valence-corrected chi connectivity index (χ0v) is 15.8. The maximum Gasteiger partial charge on any atom is 0.243 e. The minimum Gasteiger partial charge on any atom is -0.387 e. The van der Waals surface area contributed by atoms with Crippen molar-refractivity contribution in [1.82, 2.24) is 4.31 Å². The van der Waals surface area contributed by atoms with Crippen LogP contribution < -0.4 is 0 Å². The number of carbonyl (C=O) groups is 1. The summed E-state index contributed by atoms with van der Waals surface area (Å²) in [6, 6.07) is 6.59. The number of aliphatic hydroxyl groups is 1. The van der Waals surface area contributed by atoms with E-state index in [0.717, 1.165) is 15.6 Å². The van der Waals surface area contributed by atoms with Crippen molar-refractivity contribution in [2.45, 2.75) is 24.8 Å². The van der Waals surface area contributed by atoms with Crippen molar-refractivity contribution < 1.29 is 22.7 Å². The first-order valence-electron chi connectivity index (χ1n) is 7.65. The molecule has 1 aromatic heterocycles. The maximum absolute atomic E-state index is 12.9. The number of halogens is 1. The largest absolute Gasteiger partial charge is 0.387 e. The number of aliphatic hydroxyl groups excluding tert-OH is 1. The van der Waals surface area contributed by atoms with Crippen LogP contribution in [0.15, 0.2) is 40.6 Å². The lowest BCUT2D eigenvalue weighted by molar-refractivity contribution is 0.0943. The van der Waals surface area contributed by atoms with Crippen LogP contribution in [0.3, 0.4) is 0 Å². The second-order valence-electron chi connectivity index (χ2n) is 6.02. The molecule has 0 fully saturated rings. The second kappa shape index (κ2) is 7.74. The van der Waals surface area contributed by atoms with Gasteiger partial charge in [0, 0.05) is 24.9 Å². The molecule has 136 valence electrons. The highest BCUT2D eigenvalue weighted by molar-refractivity contribution is 7.89. The van der Waals surface area contributed by atoms with Gasteiger partial charge in [0.2, 0.25) is 10.0 Å². The van der Waals surface area contributed by atoms with E-state index in [4.69, 9.17) is 0 Å². The van der Waals surface area contributed by atoms with Crippen LogP contribution in [-0.4, -0.2) is 37.2 Å². The van der Waals surface area contributed by atoms with E-state index in [0.29, 0.717) is 10.4 Å². The molecule has 0 bridgehead atoms. The molecule has 0 saturated heterocycles. The number of carbonyl (C=O) groups excluding carboxylic acids is 1. The fourth-order valence-corrected chi connectivity index (χ4v) is 4.71. The Morgan fingerprint density at radius 1 is 1.28 bits per heavy atom. The van der Waals surface area contributed by atoms with Gasteiger partial charge in [0.05, 0.1) is 15.9 Å². The average molecular weight is 385 g/mol. The van der Waals surface area contributed by atoms with Gasteiger partial charge in [0.25, 0.3) is 0 Å². The number of rotatable bonds is 7. The number of ketones is 1. The van der Waals surface area contributed by atoms with E-state index in [9.17, 15) is 22.7 Å². The van der Waals surface area contributed by atoms with Gasteiger partial charge in [-0.3, -0.25) is 4.79 Å². The molecule has 2 rings (SSSR count). The summed E-state index contributed by atoms with van der Waals surface area (Å²) in [6.45, 7) is 3.32. The van der Waals surface area contributed by atoms with E-state index in [-0.39, 0.29) is 23.1 Å². The summed E-state index contributed by atoms with van der Waals surface area (Å²) >= 11 is 1.09. The molecule has 1 aromatic carbocycles. The fourth-order valence-electron chi connectivity index (χ4n) is 2.18. The van der Waals surface area contributed by atoms with Gasteiger partial charge in [-0.05, 0) is 23.8 Å². The lowest BCUT2D eigenvalue weighted by atomic mass is 10.1. The smallest absolute Gasteiger partial charge is 0.243 e. The zero-order chi connectivity index (χ0) is 18.8. The summed E-state index contributed by atoms with van der Waals surface area (Å²) < 4.78 is 39.2. The molecule has 0 aliphatic heterocycles. The van der Waals surface area contributed by atoms with Gasteiger partial charge in [0.1, 0.15) is 5.82 Å². The summed E-state index contributed by atoms with van der Waals surface area (Å²) in [4.78, 5) is 12.4. The molecule has 0 aliphatic carbocycles. The number of benzene rings is 1. The number of thiophene rings is 1. The van der Waals surface area contributed by atoms with E-state index >= 15 is 0 Å². The fraction of sp³-hybridized carbons (Fsp3) is 0.353. The summed E-state index contributed by atoms with van der Waals surface area (Å²) in [5.74, 6) is -0.759. The molecule has 2 aromatic rings. The first-order chi connectivity index (χ1) is 11.6. The van der Waals surface area contributed by atoms with Crippen molar-refractivity contribution in [3.05, 3.63) is 52.0 Å². The summed E-state index contributed by atoms with van der Waals surface area (Å²) in [6.07, 6.45) is -1.09. The monoisotopic (exact) mass is 385 g/mol. The quantitative estimate of drug-likeness (QED) is 0.744. The van der Waals surface area contributed by atoms with Crippen molar-refractivity contribution in [3.8, 4) is 0 Å². The highest BCUT2D eigenvalue weighted by Crippen LogP contribution is 2.25. The number of hydrogen-bond acceptors (Lipinski definition) is 5. The van der Waals surface area contributed by atoms with E-state index in [1.807, 2.05) is 0 Å². The summed E-state index contributed by atoms with van der Waals surface area (Å²) in [5.41, 5.74) is 0.421. The van der Waals surface area contributed by atoms with Gasteiger partial charge in [0.15, 0.2) is 5.78 Å². The average Bonchev–Trinajstić information content (AvgIpc) is 3.05. The number of Topliss-reactive ketones (excluding diaryl/α,β-unsaturated/α-hetero) is 1. The number of sulfonamides is 1. The third-order valence-corrected chi connectivity index (χ3v) is 6.63. The Morgan fingerprint density at radius 2 is 1.88 bits per heavy atom. The van der Waals surface area contributed by atoms with Crippen LogP contribution in [-0.2, 0) is 10.0 Å². The molecule has 0 aliphatic rings. The first kappa shape index (κ1) is 19.7. The maximum atomic E-state index is 12.9. The standard InChI is InChI=1S/C17H20FNO4S2/c1-11(2)17(21)16-8-14(10-24-16)25(22,23)19(3)9-15(20)12-4-6-13(18)7-5-12/h4-8,10-11,15,20H,9H2,1-3H3. The van der Waals surface area contributed by atoms with Gasteiger partial charge in [-0.15, -0.1) is 11.3 Å². The predicted molar refractivity (Wildman–Crippen MR) is 94.7 cm³/mol. The molecular formula is C17H20FNO4S2. The van der Waals surface area contributed by atoms with Gasteiger partial charge < -0.3 is 5.11 Å². The van der Waals surface area contributed by atoms with Gasteiger partial charge >= 0.3 is 0 Å². The highest BCUT2D eigenvalue weighted by Gasteiger charge is 2.26. The molecule has 1 atom stereocenters. The van der Waals surface area contributed by atoms with Crippen LogP contribution in [0.4, 0.5) is 4.39 Å². The summed E-state index contributed by atoms with van der Waals surface area (Å²) in [7, 11) is -2.48. The van der Waals surface area contributed by atoms with Gasteiger partial charge in [-0.1, -0.05) is 26.0 Å². The van der Waals surface area contributed by atoms with E-state index in [1.54, 1.807) is 13.8 Å². The van der Waals surface area contributed by atoms with Crippen LogP contribution in [0.25, 0.3) is 0 Å². The molecule has 1 heterocycles. The number of nitrogens with zero attached hydrogens (tertiary/aromatic N) is 1. The van der Waals surface area contributed by atoms with Crippen molar-refractivity contribution in [2.24, 2.45) is 5.92 Å². The lowest BCUT2D eigenvalue weighted by Crippen LogP contribution is -2.31. The Morgan fingerprint density at radius 3 is 2.44 bits per heavy atom. The first-order valence-corrected chi connectivity index (χ1v) is 9.97.